The van der Waals surface area contributed by atoms with Gasteiger partial charge in [0.15, 0.2) is 6.10 Å². The zero-order valence-corrected chi connectivity index (χ0v) is 24.7. The first-order valence-electron chi connectivity index (χ1n) is 14.0. The first-order valence-corrected chi connectivity index (χ1v) is 14.8. The van der Waals surface area contributed by atoms with Crippen LogP contribution >= 0.6 is 15.9 Å². The molecular formula is C32H36BrN3O5. The summed E-state index contributed by atoms with van der Waals surface area (Å²) in [7, 11) is 0. The van der Waals surface area contributed by atoms with E-state index in [1.54, 1.807) is 36.1 Å². The number of hydrogen-bond acceptors (Lipinski definition) is 5. The number of carbonyl (C=O) groups excluding carboxylic acids is 3. The van der Waals surface area contributed by atoms with E-state index in [0.29, 0.717) is 17.2 Å². The highest BCUT2D eigenvalue weighted by atomic mass is 79.9. The van der Waals surface area contributed by atoms with E-state index >= 15 is 0 Å². The molecule has 41 heavy (non-hydrogen) atoms. The fraction of sp³-hybridized carbons (Fsp3) is 0.344. The van der Waals surface area contributed by atoms with Crippen LogP contribution < -0.4 is 15.5 Å². The Bertz CT molecular complexity index is 1320. The van der Waals surface area contributed by atoms with Crippen LogP contribution in [0.1, 0.15) is 66.4 Å². The lowest BCUT2D eigenvalue weighted by Crippen LogP contribution is -2.37. The van der Waals surface area contributed by atoms with E-state index in [-0.39, 0.29) is 25.7 Å². The molecule has 0 aromatic heterocycles. The summed E-state index contributed by atoms with van der Waals surface area (Å²) >= 11 is 3.45. The number of urea groups is 1. The SMILES string of the molecule is CCOC(=O)C(O)CNC(=O)c1ccc(CN(C(=O)Nc2cccc(Br)c2)c2ccc(C3CCCCC3)cc2)cc1. The van der Waals surface area contributed by atoms with E-state index in [2.05, 4.69) is 38.7 Å². The van der Waals surface area contributed by atoms with Crippen molar-refractivity contribution in [1.82, 2.24) is 5.32 Å². The normalized spacial score (nSPS) is 14.1. The molecule has 0 radical (unpaired) electrons. The van der Waals surface area contributed by atoms with Crippen LogP contribution in [0, 0.1) is 0 Å². The van der Waals surface area contributed by atoms with Crippen LogP contribution in [0.15, 0.2) is 77.3 Å². The summed E-state index contributed by atoms with van der Waals surface area (Å²) in [5.41, 5.74) is 3.95. The molecule has 9 heteroatoms. The van der Waals surface area contributed by atoms with Crippen LogP contribution in [0.2, 0.25) is 0 Å². The first kappa shape index (κ1) is 30.3. The molecule has 1 aliphatic rings. The van der Waals surface area contributed by atoms with Gasteiger partial charge in [0.25, 0.3) is 5.91 Å². The molecular weight excluding hydrogens is 586 g/mol. The van der Waals surface area contributed by atoms with Gasteiger partial charge in [-0.2, -0.15) is 0 Å². The number of nitrogens with one attached hydrogen (secondary N) is 2. The van der Waals surface area contributed by atoms with Gasteiger partial charge in [-0.3, -0.25) is 9.69 Å². The Hall–Kier alpha value is -3.69. The Labute approximate surface area is 249 Å². The number of rotatable bonds is 10. The van der Waals surface area contributed by atoms with Crippen LogP contribution in [-0.2, 0) is 16.1 Å². The number of benzene rings is 3. The lowest BCUT2D eigenvalue weighted by molar-refractivity contribution is -0.152. The number of carbonyl (C=O) groups is 3. The fourth-order valence-electron chi connectivity index (χ4n) is 4.96. The van der Waals surface area contributed by atoms with Crippen molar-refractivity contribution >= 4 is 45.2 Å². The van der Waals surface area contributed by atoms with Crippen LogP contribution in [0.25, 0.3) is 0 Å². The van der Waals surface area contributed by atoms with Gasteiger partial charge in [-0.05, 0) is 79.3 Å². The van der Waals surface area contributed by atoms with Gasteiger partial charge in [-0.15, -0.1) is 0 Å². The van der Waals surface area contributed by atoms with Crippen LogP contribution in [0.4, 0.5) is 16.2 Å². The zero-order chi connectivity index (χ0) is 29.2. The van der Waals surface area contributed by atoms with Gasteiger partial charge < -0.3 is 20.5 Å². The van der Waals surface area contributed by atoms with Gasteiger partial charge in [0.2, 0.25) is 0 Å². The van der Waals surface area contributed by atoms with Gasteiger partial charge >= 0.3 is 12.0 Å². The molecule has 0 aliphatic heterocycles. The maximum atomic E-state index is 13.5. The predicted octanol–water partition coefficient (Wildman–Crippen LogP) is 6.39. The van der Waals surface area contributed by atoms with E-state index < -0.39 is 18.0 Å². The molecule has 1 fully saturated rings. The number of anilines is 2. The molecule has 1 saturated carbocycles. The van der Waals surface area contributed by atoms with Gasteiger partial charge in [-0.1, -0.05) is 65.5 Å². The third-order valence-corrected chi connectivity index (χ3v) is 7.67. The third-order valence-electron chi connectivity index (χ3n) is 7.17. The summed E-state index contributed by atoms with van der Waals surface area (Å²) in [5, 5.41) is 15.3. The highest BCUT2D eigenvalue weighted by Crippen LogP contribution is 2.33. The Morgan fingerprint density at radius 1 is 1.00 bits per heavy atom. The van der Waals surface area contributed by atoms with Crippen LogP contribution in [0.3, 0.4) is 0 Å². The summed E-state index contributed by atoms with van der Waals surface area (Å²) < 4.78 is 5.61. The summed E-state index contributed by atoms with van der Waals surface area (Å²) in [6, 6.07) is 22.3. The quantitative estimate of drug-likeness (QED) is 0.227. The third kappa shape index (κ3) is 8.65. The number of ether oxygens (including phenoxy) is 1. The average molecular weight is 623 g/mol. The van der Waals surface area contributed by atoms with E-state index in [9.17, 15) is 19.5 Å². The Morgan fingerprint density at radius 3 is 2.37 bits per heavy atom. The van der Waals surface area contributed by atoms with E-state index in [1.165, 1.54) is 37.7 Å². The number of nitrogens with zero attached hydrogens (tertiary/aromatic N) is 1. The molecule has 3 aromatic carbocycles. The molecule has 4 rings (SSSR count). The fourth-order valence-corrected chi connectivity index (χ4v) is 5.36. The summed E-state index contributed by atoms with van der Waals surface area (Å²) in [4.78, 5) is 39.3. The topological polar surface area (TPSA) is 108 Å². The van der Waals surface area contributed by atoms with Crippen molar-refractivity contribution in [3.05, 3.63) is 94.0 Å². The molecule has 0 heterocycles. The highest BCUT2D eigenvalue weighted by molar-refractivity contribution is 9.10. The molecule has 8 nitrogen and oxygen atoms in total. The minimum atomic E-state index is -1.43. The Balaban J connectivity index is 1.47. The lowest BCUT2D eigenvalue weighted by Gasteiger charge is -2.26. The van der Waals surface area contributed by atoms with E-state index in [0.717, 1.165) is 15.7 Å². The molecule has 3 aromatic rings. The minimum absolute atomic E-state index is 0.147. The maximum Gasteiger partial charge on any atom is 0.336 e. The lowest BCUT2D eigenvalue weighted by atomic mass is 9.84. The smallest absolute Gasteiger partial charge is 0.336 e. The number of aliphatic hydroxyl groups excluding tert-OH is 1. The minimum Gasteiger partial charge on any atom is -0.464 e. The van der Waals surface area contributed by atoms with Gasteiger partial charge in [0.05, 0.1) is 19.7 Å². The Kier molecular flexibility index (Phi) is 10.9. The number of esters is 1. The molecule has 1 aliphatic carbocycles. The van der Waals surface area contributed by atoms with Gasteiger partial charge in [0.1, 0.15) is 0 Å². The van der Waals surface area contributed by atoms with Crippen LogP contribution in [0.5, 0.6) is 0 Å². The predicted molar refractivity (Wildman–Crippen MR) is 163 cm³/mol. The standard InChI is InChI=1S/C32H36BrN3O5/c1-2-41-31(39)29(37)20-34-30(38)25-13-11-22(12-14-25)21-36(32(40)35-27-10-6-9-26(33)19-27)28-17-15-24(16-18-28)23-7-4-3-5-8-23/h6,9-19,23,29,37H,2-5,7-8,20-21H2,1H3,(H,34,38)(H,35,40). The molecule has 1 unspecified atom stereocenters. The van der Waals surface area contributed by atoms with Crippen molar-refractivity contribution in [3.63, 3.8) is 0 Å². The first-order chi connectivity index (χ1) is 19.8. The summed E-state index contributed by atoms with van der Waals surface area (Å²) in [6.45, 7) is 1.82. The maximum absolute atomic E-state index is 13.5. The van der Waals surface area contributed by atoms with Crippen molar-refractivity contribution in [2.75, 3.05) is 23.4 Å². The van der Waals surface area contributed by atoms with Crippen LogP contribution in [-0.4, -0.2) is 42.3 Å². The second-order valence-corrected chi connectivity index (χ2v) is 11.0. The Morgan fingerprint density at radius 2 is 1.71 bits per heavy atom. The number of amides is 3. The van der Waals surface area contributed by atoms with Crippen molar-refractivity contribution in [2.45, 2.75) is 57.6 Å². The average Bonchev–Trinajstić information content (AvgIpc) is 2.99. The zero-order valence-electron chi connectivity index (χ0n) is 23.1. The molecule has 0 saturated heterocycles. The number of aliphatic hydroxyl groups is 1. The van der Waals surface area contributed by atoms with E-state index in [4.69, 9.17) is 4.74 Å². The van der Waals surface area contributed by atoms with Crippen molar-refractivity contribution in [3.8, 4) is 0 Å². The number of halogens is 1. The second kappa shape index (κ2) is 14.8. The summed E-state index contributed by atoms with van der Waals surface area (Å²) in [6.07, 6.45) is 4.79. The molecule has 3 amide bonds. The van der Waals surface area contributed by atoms with Crippen molar-refractivity contribution in [2.24, 2.45) is 0 Å². The summed E-state index contributed by atoms with van der Waals surface area (Å²) in [5.74, 6) is -0.641. The highest BCUT2D eigenvalue weighted by Gasteiger charge is 2.21. The molecule has 0 spiro atoms. The molecule has 216 valence electrons. The molecule has 3 N–H and O–H groups in total. The van der Waals surface area contributed by atoms with Crippen molar-refractivity contribution in [1.29, 1.82) is 0 Å². The van der Waals surface area contributed by atoms with Gasteiger partial charge in [-0.25, -0.2) is 9.59 Å². The largest absolute Gasteiger partial charge is 0.464 e. The molecule has 0 bridgehead atoms. The van der Waals surface area contributed by atoms with Crippen molar-refractivity contribution < 1.29 is 24.2 Å². The second-order valence-electron chi connectivity index (χ2n) is 10.1. The molecule has 1 atom stereocenters. The number of hydrogen-bond donors (Lipinski definition) is 3. The van der Waals surface area contributed by atoms with Gasteiger partial charge in [0, 0.05) is 21.4 Å². The monoisotopic (exact) mass is 621 g/mol. The van der Waals surface area contributed by atoms with E-state index in [1.807, 2.05) is 36.4 Å².